The van der Waals surface area contributed by atoms with Crippen molar-refractivity contribution in [2.45, 2.75) is 12.4 Å². The normalized spacial score (nSPS) is 12.2. The van der Waals surface area contributed by atoms with E-state index in [-0.39, 0.29) is 15.7 Å². The van der Waals surface area contributed by atoms with Gasteiger partial charge in [-0.2, -0.15) is 26.3 Å². The van der Waals surface area contributed by atoms with Crippen LogP contribution in [0.1, 0.15) is 21.5 Å². The van der Waals surface area contributed by atoms with E-state index < -0.39 is 34.4 Å². The van der Waals surface area contributed by atoms with Crippen molar-refractivity contribution in [3.05, 3.63) is 62.6 Å². The third kappa shape index (κ3) is 4.46. The molecule has 10 heteroatoms. The first kappa shape index (κ1) is 19.6. The van der Waals surface area contributed by atoms with Crippen LogP contribution < -0.4 is 5.32 Å². The summed E-state index contributed by atoms with van der Waals surface area (Å²) >= 11 is 8.67. The van der Waals surface area contributed by atoms with E-state index in [9.17, 15) is 31.1 Å². The molecule has 0 atom stereocenters. The molecule has 2 rings (SSSR count). The fourth-order valence-corrected chi connectivity index (χ4v) is 2.75. The van der Waals surface area contributed by atoms with Crippen LogP contribution >= 0.6 is 27.5 Å². The smallest absolute Gasteiger partial charge is 0.320 e. The lowest BCUT2D eigenvalue weighted by Gasteiger charge is -2.15. The van der Waals surface area contributed by atoms with Crippen LogP contribution in [0.5, 0.6) is 0 Å². The molecule has 0 radical (unpaired) electrons. The Labute approximate surface area is 150 Å². The van der Waals surface area contributed by atoms with Gasteiger partial charge in [0.05, 0.1) is 21.8 Å². The maximum Gasteiger partial charge on any atom is 0.417 e. The van der Waals surface area contributed by atoms with E-state index in [4.69, 9.17) is 11.6 Å². The number of benzene rings is 2. The van der Waals surface area contributed by atoms with E-state index in [0.717, 1.165) is 24.3 Å². The molecule has 0 spiro atoms. The van der Waals surface area contributed by atoms with Gasteiger partial charge >= 0.3 is 12.4 Å². The first-order valence-electron chi connectivity index (χ1n) is 6.45. The van der Waals surface area contributed by atoms with Crippen LogP contribution in [0.15, 0.2) is 40.9 Å². The number of anilines is 1. The van der Waals surface area contributed by atoms with Crippen LogP contribution in [0.25, 0.3) is 0 Å². The second kappa shape index (κ2) is 6.87. The standard InChI is InChI=1S/C15H7BrClF6NO/c16-10-6-5-9(15(21,22)23)11(17)12(10)24-13(25)7-1-3-8(4-2-7)14(18,19)20/h1-6H,(H,24,25). The summed E-state index contributed by atoms with van der Waals surface area (Å²) in [6, 6.07) is 4.99. The molecule has 2 nitrogen and oxygen atoms in total. The highest BCUT2D eigenvalue weighted by Crippen LogP contribution is 2.41. The lowest BCUT2D eigenvalue weighted by Crippen LogP contribution is -2.15. The van der Waals surface area contributed by atoms with Gasteiger partial charge in [0, 0.05) is 10.0 Å². The van der Waals surface area contributed by atoms with Crippen LogP contribution in [0.3, 0.4) is 0 Å². The number of halogens is 8. The van der Waals surface area contributed by atoms with Crippen molar-refractivity contribution in [2.24, 2.45) is 0 Å². The van der Waals surface area contributed by atoms with E-state index in [1.165, 1.54) is 0 Å². The molecule has 0 bridgehead atoms. The van der Waals surface area contributed by atoms with Crippen molar-refractivity contribution in [1.82, 2.24) is 0 Å². The molecule has 0 aliphatic carbocycles. The summed E-state index contributed by atoms with van der Waals surface area (Å²) in [5.74, 6) is -0.907. The van der Waals surface area contributed by atoms with Gasteiger partial charge in [0.15, 0.2) is 0 Å². The van der Waals surface area contributed by atoms with Crippen molar-refractivity contribution in [3.8, 4) is 0 Å². The van der Waals surface area contributed by atoms with Crippen LogP contribution in [0.2, 0.25) is 5.02 Å². The Morgan fingerprint density at radius 2 is 1.48 bits per heavy atom. The fraction of sp³-hybridized carbons (Fsp3) is 0.133. The van der Waals surface area contributed by atoms with Gasteiger partial charge in [-0.25, -0.2) is 0 Å². The van der Waals surface area contributed by atoms with Crippen LogP contribution in [-0.4, -0.2) is 5.91 Å². The molecular weight excluding hydrogens is 440 g/mol. The van der Waals surface area contributed by atoms with E-state index in [0.29, 0.717) is 12.1 Å². The van der Waals surface area contributed by atoms with E-state index in [1.807, 2.05) is 0 Å². The Kier molecular flexibility index (Phi) is 5.38. The highest BCUT2D eigenvalue weighted by molar-refractivity contribution is 9.10. The first-order valence-corrected chi connectivity index (χ1v) is 7.62. The topological polar surface area (TPSA) is 29.1 Å². The zero-order valence-corrected chi connectivity index (χ0v) is 14.2. The number of alkyl halides is 6. The molecule has 0 unspecified atom stereocenters. The predicted molar refractivity (Wildman–Crippen MR) is 83.6 cm³/mol. The molecule has 0 aliphatic rings. The highest BCUT2D eigenvalue weighted by Gasteiger charge is 2.35. The molecular formula is C15H7BrClF6NO. The van der Waals surface area contributed by atoms with Crippen molar-refractivity contribution in [2.75, 3.05) is 5.32 Å². The molecule has 1 N–H and O–H groups in total. The number of carbonyl (C=O) groups excluding carboxylic acids is 1. The van der Waals surface area contributed by atoms with E-state index >= 15 is 0 Å². The van der Waals surface area contributed by atoms with Crippen LogP contribution in [0.4, 0.5) is 32.0 Å². The number of carbonyl (C=O) groups is 1. The lowest BCUT2D eigenvalue weighted by atomic mass is 10.1. The summed E-state index contributed by atoms with van der Waals surface area (Å²) in [4.78, 5) is 12.1. The maximum atomic E-state index is 12.9. The highest BCUT2D eigenvalue weighted by atomic mass is 79.9. The number of hydrogen-bond acceptors (Lipinski definition) is 1. The Balaban J connectivity index is 2.32. The summed E-state index contributed by atoms with van der Waals surface area (Å²) in [6.07, 6.45) is -9.30. The average Bonchev–Trinajstić information content (AvgIpc) is 2.49. The minimum Gasteiger partial charge on any atom is -0.320 e. The molecule has 1 amide bonds. The maximum absolute atomic E-state index is 12.9. The van der Waals surface area contributed by atoms with Gasteiger partial charge in [0.1, 0.15) is 0 Å². The largest absolute Gasteiger partial charge is 0.417 e. The Morgan fingerprint density at radius 1 is 0.920 bits per heavy atom. The molecule has 2 aromatic rings. The molecule has 134 valence electrons. The van der Waals surface area contributed by atoms with Crippen molar-refractivity contribution >= 4 is 39.1 Å². The Morgan fingerprint density at radius 3 is 1.96 bits per heavy atom. The molecule has 2 aromatic carbocycles. The van der Waals surface area contributed by atoms with Crippen molar-refractivity contribution in [1.29, 1.82) is 0 Å². The second-order valence-corrected chi connectivity index (χ2v) is 6.04. The minimum atomic E-state index is -4.73. The quantitative estimate of drug-likeness (QED) is 0.532. The van der Waals surface area contributed by atoms with E-state index in [2.05, 4.69) is 21.2 Å². The zero-order valence-electron chi connectivity index (χ0n) is 11.9. The summed E-state index contributed by atoms with van der Waals surface area (Å²) < 4.78 is 76.2. The number of hydrogen-bond donors (Lipinski definition) is 1. The van der Waals surface area contributed by atoms with Gasteiger partial charge < -0.3 is 5.32 Å². The number of amides is 1. The molecule has 0 aromatic heterocycles. The summed E-state index contributed by atoms with van der Waals surface area (Å²) in [5.41, 5.74) is -2.61. The van der Waals surface area contributed by atoms with Gasteiger partial charge in [0.2, 0.25) is 0 Å². The monoisotopic (exact) mass is 445 g/mol. The van der Waals surface area contributed by atoms with Gasteiger partial charge in [-0.1, -0.05) is 11.6 Å². The minimum absolute atomic E-state index is 0.0887. The van der Waals surface area contributed by atoms with Crippen LogP contribution in [0, 0.1) is 0 Å². The zero-order chi connectivity index (χ0) is 19.0. The van der Waals surface area contributed by atoms with E-state index in [1.54, 1.807) is 0 Å². The summed E-state index contributed by atoms with van der Waals surface area (Å²) in [6.45, 7) is 0. The SMILES string of the molecule is O=C(Nc1c(Br)ccc(C(F)(F)F)c1Cl)c1ccc(C(F)(F)F)cc1. The second-order valence-electron chi connectivity index (χ2n) is 4.81. The Bertz CT molecular complexity index is 801. The van der Waals surface area contributed by atoms with Gasteiger partial charge in [-0.15, -0.1) is 0 Å². The Hall–Kier alpha value is -1.74. The van der Waals surface area contributed by atoms with Crippen LogP contribution in [-0.2, 0) is 12.4 Å². The third-order valence-corrected chi connectivity index (χ3v) is 4.16. The van der Waals surface area contributed by atoms with Gasteiger partial charge in [-0.3, -0.25) is 4.79 Å². The molecule has 25 heavy (non-hydrogen) atoms. The fourth-order valence-electron chi connectivity index (χ4n) is 1.88. The predicted octanol–water partition coefficient (Wildman–Crippen LogP) is 6.39. The summed E-state index contributed by atoms with van der Waals surface area (Å²) in [7, 11) is 0. The molecule has 0 fully saturated rings. The molecule has 0 aliphatic heterocycles. The van der Waals surface area contributed by atoms with Gasteiger partial charge in [0.25, 0.3) is 5.91 Å². The van der Waals surface area contributed by atoms with Crippen molar-refractivity contribution in [3.63, 3.8) is 0 Å². The van der Waals surface area contributed by atoms with Crippen molar-refractivity contribution < 1.29 is 31.1 Å². The number of nitrogens with one attached hydrogen (secondary N) is 1. The number of rotatable bonds is 2. The molecule has 0 saturated heterocycles. The lowest BCUT2D eigenvalue weighted by molar-refractivity contribution is -0.138. The average molecular weight is 447 g/mol. The first-order chi connectivity index (χ1) is 11.4. The van der Waals surface area contributed by atoms with Gasteiger partial charge in [-0.05, 0) is 52.3 Å². The molecule has 0 saturated carbocycles. The summed E-state index contributed by atoms with van der Waals surface area (Å²) in [5, 5.41) is 1.43. The molecule has 0 heterocycles. The third-order valence-electron chi connectivity index (χ3n) is 3.11.